The quantitative estimate of drug-likeness (QED) is 0.616. The SMILES string of the molecule is COC(=O)c1ccc(CS(=O)(=O)c2cccc(-c3cc(F)ccc3O)c2)cc1O. The van der Waals surface area contributed by atoms with Crippen molar-refractivity contribution in [3.63, 3.8) is 0 Å². The van der Waals surface area contributed by atoms with E-state index in [9.17, 15) is 27.8 Å². The van der Waals surface area contributed by atoms with Gasteiger partial charge in [-0.05, 0) is 53.6 Å². The van der Waals surface area contributed by atoms with Crippen LogP contribution in [0.5, 0.6) is 11.5 Å². The lowest BCUT2D eigenvalue weighted by atomic mass is 10.0. The fraction of sp³-hybridized carbons (Fsp3) is 0.0952. The molecule has 8 heteroatoms. The number of sulfone groups is 1. The Morgan fingerprint density at radius 2 is 1.76 bits per heavy atom. The molecule has 0 heterocycles. The second-order valence-corrected chi connectivity index (χ2v) is 8.28. The molecular weight excluding hydrogens is 399 g/mol. The molecule has 0 radical (unpaired) electrons. The van der Waals surface area contributed by atoms with E-state index in [-0.39, 0.29) is 33.1 Å². The van der Waals surface area contributed by atoms with Crippen LogP contribution in [0.25, 0.3) is 11.1 Å². The summed E-state index contributed by atoms with van der Waals surface area (Å²) in [7, 11) is -2.65. The molecule has 0 aliphatic carbocycles. The minimum Gasteiger partial charge on any atom is -0.507 e. The number of carbonyl (C=O) groups is 1. The number of esters is 1. The number of hydrogen-bond acceptors (Lipinski definition) is 6. The van der Waals surface area contributed by atoms with Crippen LogP contribution in [-0.2, 0) is 20.3 Å². The van der Waals surface area contributed by atoms with Crippen LogP contribution in [0.15, 0.2) is 65.6 Å². The zero-order valence-electron chi connectivity index (χ0n) is 15.3. The summed E-state index contributed by atoms with van der Waals surface area (Å²) in [4.78, 5) is 11.5. The van der Waals surface area contributed by atoms with Gasteiger partial charge in [-0.25, -0.2) is 17.6 Å². The maximum Gasteiger partial charge on any atom is 0.341 e. The average molecular weight is 416 g/mol. The van der Waals surface area contributed by atoms with Crippen molar-refractivity contribution >= 4 is 15.8 Å². The molecule has 0 spiro atoms. The Hall–Kier alpha value is -3.39. The van der Waals surface area contributed by atoms with E-state index in [1.54, 1.807) is 6.07 Å². The summed E-state index contributed by atoms with van der Waals surface area (Å²) in [5.41, 5.74) is 0.709. The van der Waals surface area contributed by atoms with Crippen molar-refractivity contribution in [2.75, 3.05) is 7.11 Å². The first-order chi connectivity index (χ1) is 13.7. The number of benzene rings is 3. The Labute approximate surface area is 166 Å². The second-order valence-electron chi connectivity index (χ2n) is 6.29. The summed E-state index contributed by atoms with van der Waals surface area (Å²) in [6, 6.07) is 13.1. The highest BCUT2D eigenvalue weighted by Crippen LogP contribution is 2.32. The standard InChI is InChI=1S/C21H17FO6S/c1-28-21(25)17-7-5-13(9-20(17)24)12-29(26,27)16-4-2-3-14(10-16)18-11-15(22)6-8-19(18)23/h2-11,23-24H,12H2,1H3. The van der Waals surface area contributed by atoms with Crippen molar-refractivity contribution in [3.05, 3.63) is 77.6 Å². The van der Waals surface area contributed by atoms with E-state index >= 15 is 0 Å². The lowest BCUT2D eigenvalue weighted by molar-refractivity contribution is 0.0597. The van der Waals surface area contributed by atoms with Crippen LogP contribution in [0.3, 0.4) is 0 Å². The molecule has 0 fully saturated rings. The Morgan fingerprint density at radius 1 is 1.00 bits per heavy atom. The fourth-order valence-corrected chi connectivity index (χ4v) is 4.23. The summed E-state index contributed by atoms with van der Waals surface area (Å²) >= 11 is 0. The zero-order chi connectivity index (χ0) is 21.2. The normalized spacial score (nSPS) is 11.2. The first-order valence-electron chi connectivity index (χ1n) is 8.43. The highest BCUT2D eigenvalue weighted by molar-refractivity contribution is 7.90. The molecule has 0 amide bonds. The molecule has 0 bridgehead atoms. The van der Waals surface area contributed by atoms with Gasteiger partial charge < -0.3 is 14.9 Å². The Kier molecular flexibility index (Phi) is 5.56. The van der Waals surface area contributed by atoms with E-state index in [0.717, 1.165) is 12.1 Å². The molecule has 3 aromatic carbocycles. The Balaban J connectivity index is 1.93. The Bertz CT molecular complexity index is 1190. The molecule has 150 valence electrons. The van der Waals surface area contributed by atoms with Gasteiger partial charge in [-0.15, -0.1) is 0 Å². The van der Waals surface area contributed by atoms with E-state index < -0.39 is 27.4 Å². The molecule has 3 aromatic rings. The van der Waals surface area contributed by atoms with E-state index in [1.807, 2.05) is 0 Å². The molecule has 0 aliphatic heterocycles. The van der Waals surface area contributed by atoms with E-state index in [2.05, 4.69) is 4.74 Å². The summed E-state index contributed by atoms with van der Waals surface area (Å²) in [5.74, 6) is -2.29. The van der Waals surface area contributed by atoms with Gasteiger partial charge in [0, 0.05) is 5.56 Å². The summed E-state index contributed by atoms with van der Waals surface area (Å²) in [5, 5.41) is 19.9. The number of aromatic hydroxyl groups is 2. The topological polar surface area (TPSA) is 101 Å². The third-order valence-electron chi connectivity index (χ3n) is 4.29. The fourth-order valence-electron chi connectivity index (χ4n) is 2.85. The van der Waals surface area contributed by atoms with Crippen LogP contribution in [-0.4, -0.2) is 31.7 Å². The van der Waals surface area contributed by atoms with Crippen LogP contribution in [0.2, 0.25) is 0 Å². The zero-order valence-corrected chi connectivity index (χ0v) is 16.1. The Morgan fingerprint density at radius 3 is 2.45 bits per heavy atom. The summed E-state index contributed by atoms with van der Waals surface area (Å²) in [6.07, 6.45) is 0. The average Bonchev–Trinajstić information content (AvgIpc) is 2.69. The van der Waals surface area contributed by atoms with Crippen LogP contribution in [0.1, 0.15) is 15.9 Å². The molecular formula is C21H17FO6S. The molecule has 0 saturated carbocycles. The molecule has 0 saturated heterocycles. The van der Waals surface area contributed by atoms with Crippen LogP contribution < -0.4 is 0 Å². The van der Waals surface area contributed by atoms with Gasteiger partial charge in [-0.2, -0.15) is 0 Å². The van der Waals surface area contributed by atoms with Gasteiger partial charge in [0.1, 0.15) is 22.9 Å². The number of phenolic OH excluding ortho intramolecular Hbond substituents is 2. The molecule has 29 heavy (non-hydrogen) atoms. The number of rotatable bonds is 5. The molecule has 0 atom stereocenters. The van der Waals surface area contributed by atoms with Gasteiger partial charge in [-0.3, -0.25) is 0 Å². The van der Waals surface area contributed by atoms with Gasteiger partial charge in [0.2, 0.25) is 0 Å². The van der Waals surface area contributed by atoms with Crippen molar-refractivity contribution < 1.29 is 32.6 Å². The highest BCUT2D eigenvalue weighted by atomic mass is 32.2. The smallest absolute Gasteiger partial charge is 0.341 e. The van der Waals surface area contributed by atoms with E-state index in [1.165, 1.54) is 49.6 Å². The van der Waals surface area contributed by atoms with Crippen molar-refractivity contribution in [1.82, 2.24) is 0 Å². The number of halogens is 1. The molecule has 0 aromatic heterocycles. The van der Waals surface area contributed by atoms with Crippen LogP contribution in [0, 0.1) is 5.82 Å². The molecule has 0 unspecified atom stereocenters. The molecule has 3 rings (SSSR count). The number of ether oxygens (including phenoxy) is 1. The lowest BCUT2D eigenvalue weighted by Gasteiger charge is -2.10. The third kappa shape index (κ3) is 4.38. The lowest BCUT2D eigenvalue weighted by Crippen LogP contribution is -2.06. The monoisotopic (exact) mass is 416 g/mol. The minimum absolute atomic E-state index is 0.0322. The molecule has 0 aliphatic rings. The van der Waals surface area contributed by atoms with Crippen LogP contribution >= 0.6 is 0 Å². The predicted octanol–water partition coefficient (Wildman–Crippen LogP) is 3.66. The molecule has 6 nitrogen and oxygen atoms in total. The van der Waals surface area contributed by atoms with Gasteiger partial charge >= 0.3 is 5.97 Å². The minimum atomic E-state index is -3.82. The maximum atomic E-state index is 13.5. The third-order valence-corrected chi connectivity index (χ3v) is 5.97. The van der Waals surface area contributed by atoms with Crippen molar-refractivity contribution in [1.29, 1.82) is 0 Å². The van der Waals surface area contributed by atoms with Gasteiger partial charge in [0.25, 0.3) is 0 Å². The maximum absolute atomic E-state index is 13.5. The number of methoxy groups -OCH3 is 1. The van der Waals surface area contributed by atoms with Crippen LogP contribution in [0.4, 0.5) is 4.39 Å². The first-order valence-corrected chi connectivity index (χ1v) is 10.1. The number of carbonyl (C=O) groups excluding carboxylic acids is 1. The predicted molar refractivity (Wildman–Crippen MR) is 104 cm³/mol. The highest BCUT2D eigenvalue weighted by Gasteiger charge is 2.19. The van der Waals surface area contributed by atoms with Gasteiger partial charge in [0.05, 0.1) is 17.8 Å². The summed E-state index contributed by atoms with van der Waals surface area (Å²) in [6.45, 7) is 0. The number of hydrogen-bond donors (Lipinski definition) is 2. The van der Waals surface area contributed by atoms with E-state index in [4.69, 9.17) is 0 Å². The first kappa shape index (κ1) is 20.3. The largest absolute Gasteiger partial charge is 0.507 e. The van der Waals surface area contributed by atoms with Gasteiger partial charge in [-0.1, -0.05) is 18.2 Å². The summed E-state index contributed by atoms with van der Waals surface area (Å²) < 4.78 is 43.7. The van der Waals surface area contributed by atoms with Crippen molar-refractivity contribution in [2.45, 2.75) is 10.6 Å². The van der Waals surface area contributed by atoms with Crippen molar-refractivity contribution in [2.24, 2.45) is 0 Å². The second kappa shape index (κ2) is 7.92. The van der Waals surface area contributed by atoms with Crippen molar-refractivity contribution in [3.8, 4) is 22.6 Å². The molecule has 2 N–H and O–H groups in total. The van der Waals surface area contributed by atoms with Gasteiger partial charge in [0.15, 0.2) is 9.84 Å². The van der Waals surface area contributed by atoms with E-state index in [0.29, 0.717) is 5.56 Å². The number of phenols is 2.